The first-order valence-electron chi connectivity index (χ1n) is 6.54. The van der Waals surface area contributed by atoms with Crippen LogP contribution in [0.2, 0.25) is 0 Å². The Morgan fingerprint density at radius 1 is 1.33 bits per heavy atom. The molecule has 1 N–H and O–H groups in total. The molecule has 0 aromatic heterocycles. The van der Waals surface area contributed by atoms with Crippen LogP contribution in [-0.2, 0) is 6.54 Å². The predicted octanol–water partition coefficient (Wildman–Crippen LogP) is 1.60. The summed E-state index contributed by atoms with van der Waals surface area (Å²) in [6.45, 7) is 4.65. The minimum atomic E-state index is 0.344. The van der Waals surface area contributed by atoms with Gasteiger partial charge in [0, 0.05) is 25.2 Å². The van der Waals surface area contributed by atoms with Crippen LogP contribution in [0.25, 0.3) is 0 Å². The first-order chi connectivity index (χ1) is 8.72. The zero-order valence-corrected chi connectivity index (χ0v) is 11.0. The van der Waals surface area contributed by atoms with Crippen molar-refractivity contribution in [1.82, 2.24) is 10.2 Å². The molecule has 18 heavy (non-hydrogen) atoms. The fourth-order valence-electron chi connectivity index (χ4n) is 2.65. The summed E-state index contributed by atoms with van der Waals surface area (Å²) in [6, 6.07) is 7.43. The number of likely N-dealkylation sites (tertiary alicyclic amines) is 1. The van der Waals surface area contributed by atoms with Crippen LogP contribution < -0.4 is 14.8 Å². The zero-order chi connectivity index (χ0) is 12.5. The van der Waals surface area contributed by atoms with E-state index in [2.05, 4.69) is 36.3 Å². The van der Waals surface area contributed by atoms with Gasteiger partial charge in [-0.3, -0.25) is 0 Å². The molecule has 0 aliphatic carbocycles. The highest BCUT2D eigenvalue weighted by Gasteiger charge is 2.25. The van der Waals surface area contributed by atoms with E-state index in [0.717, 1.165) is 24.6 Å². The van der Waals surface area contributed by atoms with Crippen LogP contribution in [-0.4, -0.2) is 37.4 Å². The van der Waals surface area contributed by atoms with Crippen LogP contribution in [0.1, 0.15) is 18.9 Å². The summed E-state index contributed by atoms with van der Waals surface area (Å²) in [5.74, 6) is 1.72. The number of nitrogens with one attached hydrogen (secondary N) is 1. The summed E-state index contributed by atoms with van der Waals surface area (Å²) < 4.78 is 10.7. The minimum absolute atomic E-state index is 0.344. The van der Waals surface area contributed by atoms with Gasteiger partial charge < -0.3 is 19.7 Å². The van der Waals surface area contributed by atoms with E-state index in [1.807, 2.05) is 6.07 Å². The molecule has 4 nitrogen and oxygen atoms in total. The highest BCUT2D eigenvalue weighted by atomic mass is 16.7. The summed E-state index contributed by atoms with van der Waals surface area (Å²) in [5.41, 5.74) is 1.25. The topological polar surface area (TPSA) is 33.7 Å². The molecule has 1 saturated heterocycles. The third kappa shape index (κ3) is 2.31. The Labute approximate surface area is 108 Å². The number of nitrogens with zero attached hydrogens (tertiary/aromatic N) is 1. The van der Waals surface area contributed by atoms with Crippen LogP contribution in [0.15, 0.2) is 18.2 Å². The van der Waals surface area contributed by atoms with Crippen molar-refractivity contribution in [3.05, 3.63) is 23.8 Å². The van der Waals surface area contributed by atoms with Crippen molar-refractivity contribution in [2.75, 3.05) is 20.4 Å². The maximum atomic E-state index is 5.39. The molecule has 3 rings (SSSR count). The molecular weight excluding hydrogens is 228 g/mol. The molecular formula is C14H20N2O2. The van der Waals surface area contributed by atoms with Crippen molar-refractivity contribution < 1.29 is 9.47 Å². The lowest BCUT2D eigenvalue weighted by Crippen LogP contribution is -2.31. The Morgan fingerprint density at radius 2 is 2.17 bits per heavy atom. The number of benzene rings is 1. The molecule has 0 radical (unpaired) electrons. The van der Waals surface area contributed by atoms with Crippen LogP contribution in [0.3, 0.4) is 0 Å². The summed E-state index contributed by atoms with van der Waals surface area (Å²) in [6.07, 6.45) is 1.22. The molecule has 2 atom stereocenters. The van der Waals surface area contributed by atoms with Crippen molar-refractivity contribution in [3.8, 4) is 11.5 Å². The van der Waals surface area contributed by atoms with Gasteiger partial charge in [0.05, 0.1) is 0 Å². The molecule has 0 spiro atoms. The lowest BCUT2D eigenvalue weighted by Gasteiger charge is -2.13. The molecule has 2 aliphatic rings. The normalized spacial score (nSPS) is 26.8. The van der Waals surface area contributed by atoms with Gasteiger partial charge in [0.1, 0.15) is 0 Å². The minimum Gasteiger partial charge on any atom is -0.454 e. The lowest BCUT2D eigenvalue weighted by atomic mass is 10.1. The molecule has 1 fully saturated rings. The highest BCUT2D eigenvalue weighted by Crippen LogP contribution is 2.32. The SMILES string of the molecule is CC1CC(NCc2ccc3c(c2)OCO3)CN1C. The van der Waals surface area contributed by atoms with Crippen LogP contribution >= 0.6 is 0 Å². The average molecular weight is 248 g/mol. The molecule has 2 aliphatic heterocycles. The van der Waals surface area contributed by atoms with Gasteiger partial charge in [-0.25, -0.2) is 0 Å². The molecule has 1 aromatic rings. The molecule has 0 bridgehead atoms. The van der Waals surface area contributed by atoms with E-state index in [9.17, 15) is 0 Å². The molecule has 4 heteroatoms. The molecule has 0 saturated carbocycles. The van der Waals surface area contributed by atoms with Gasteiger partial charge in [-0.1, -0.05) is 6.07 Å². The highest BCUT2D eigenvalue weighted by molar-refractivity contribution is 5.44. The Morgan fingerprint density at radius 3 is 2.94 bits per heavy atom. The Balaban J connectivity index is 1.57. The maximum Gasteiger partial charge on any atom is 0.231 e. The summed E-state index contributed by atoms with van der Waals surface area (Å²) in [4.78, 5) is 2.40. The number of rotatable bonds is 3. The monoisotopic (exact) mass is 248 g/mol. The standard InChI is InChI=1S/C14H20N2O2/c1-10-5-12(8-16(10)2)15-7-11-3-4-13-14(6-11)18-9-17-13/h3-4,6,10,12,15H,5,7-9H2,1-2H3. The predicted molar refractivity (Wildman–Crippen MR) is 69.9 cm³/mol. The van der Waals surface area contributed by atoms with Gasteiger partial charge in [-0.15, -0.1) is 0 Å². The zero-order valence-electron chi connectivity index (χ0n) is 11.0. The van der Waals surface area contributed by atoms with E-state index < -0.39 is 0 Å². The molecule has 2 unspecified atom stereocenters. The second-order valence-corrected chi connectivity index (χ2v) is 5.29. The molecule has 0 amide bonds. The summed E-state index contributed by atoms with van der Waals surface area (Å²) in [5, 5.41) is 3.61. The number of hydrogen-bond donors (Lipinski definition) is 1. The van der Waals surface area contributed by atoms with Gasteiger partial charge in [0.2, 0.25) is 6.79 Å². The van der Waals surface area contributed by atoms with Gasteiger partial charge in [-0.05, 0) is 38.1 Å². The van der Waals surface area contributed by atoms with E-state index in [1.54, 1.807) is 0 Å². The summed E-state index contributed by atoms with van der Waals surface area (Å²) >= 11 is 0. The second-order valence-electron chi connectivity index (χ2n) is 5.29. The van der Waals surface area contributed by atoms with E-state index >= 15 is 0 Å². The number of fused-ring (bicyclic) bond motifs is 1. The number of ether oxygens (including phenoxy) is 2. The summed E-state index contributed by atoms with van der Waals surface area (Å²) in [7, 11) is 2.19. The fourth-order valence-corrected chi connectivity index (χ4v) is 2.65. The van der Waals surface area contributed by atoms with Gasteiger partial charge in [0.25, 0.3) is 0 Å². The maximum absolute atomic E-state index is 5.39. The van der Waals surface area contributed by atoms with Crippen molar-refractivity contribution in [2.24, 2.45) is 0 Å². The first-order valence-corrected chi connectivity index (χ1v) is 6.54. The third-order valence-electron chi connectivity index (χ3n) is 3.92. The van der Waals surface area contributed by atoms with Crippen molar-refractivity contribution in [1.29, 1.82) is 0 Å². The van der Waals surface area contributed by atoms with E-state index in [1.165, 1.54) is 12.0 Å². The lowest BCUT2D eigenvalue weighted by molar-refractivity contribution is 0.174. The van der Waals surface area contributed by atoms with Crippen molar-refractivity contribution in [3.63, 3.8) is 0 Å². The average Bonchev–Trinajstić information content (AvgIpc) is 2.94. The quantitative estimate of drug-likeness (QED) is 0.881. The van der Waals surface area contributed by atoms with Gasteiger partial charge in [0.15, 0.2) is 11.5 Å². The van der Waals surface area contributed by atoms with Crippen molar-refractivity contribution >= 4 is 0 Å². The van der Waals surface area contributed by atoms with Gasteiger partial charge in [-0.2, -0.15) is 0 Å². The molecule has 2 heterocycles. The van der Waals surface area contributed by atoms with E-state index in [-0.39, 0.29) is 0 Å². The first kappa shape index (κ1) is 11.8. The third-order valence-corrected chi connectivity index (χ3v) is 3.92. The van der Waals surface area contributed by atoms with E-state index in [0.29, 0.717) is 18.9 Å². The number of hydrogen-bond acceptors (Lipinski definition) is 4. The number of likely N-dealkylation sites (N-methyl/N-ethyl adjacent to an activating group) is 1. The van der Waals surface area contributed by atoms with Crippen LogP contribution in [0.4, 0.5) is 0 Å². The Hall–Kier alpha value is -1.26. The Kier molecular flexibility index (Phi) is 3.14. The van der Waals surface area contributed by atoms with Crippen molar-refractivity contribution in [2.45, 2.75) is 32.0 Å². The molecule has 1 aromatic carbocycles. The van der Waals surface area contributed by atoms with Gasteiger partial charge >= 0.3 is 0 Å². The fraction of sp³-hybridized carbons (Fsp3) is 0.571. The van der Waals surface area contributed by atoms with Crippen LogP contribution in [0.5, 0.6) is 11.5 Å². The second kappa shape index (κ2) is 4.78. The van der Waals surface area contributed by atoms with Crippen LogP contribution in [0, 0.1) is 0 Å². The van der Waals surface area contributed by atoms with E-state index in [4.69, 9.17) is 9.47 Å². The Bertz CT molecular complexity index is 426. The largest absolute Gasteiger partial charge is 0.454 e. The molecule has 98 valence electrons. The smallest absolute Gasteiger partial charge is 0.231 e.